The lowest BCUT2D eigenvalue weighted by Gasteiger charge is -2.31. The minimum atomic E-state index is -1.01. The third-order valence-electron chi connectivity index (χ3n) is 4.01. The minimum absolute atomic E-state index is 0.0620. The molecule has 116 valence electrons. The van der Waals surface area contributed by atoms with Crippen molar-refractivity contribution in [2.75, 3.05) is 7.11 Å². The zero-order chi connectivity index (χ0) is 16.2. The van der Waals surface area contributed by atoms with Crippen molar-refractivity contribution in [1.29, 1.82) is 0 Å². The van der Waals surface area contributed by atoms with E-state index in [0.29, 0.717) is 0 Å². The summed E-state index contributed by atoms with van der Waals surface area (Å²) in [5.41, 5.74) is 2.20. The average Bonchev–Trinajstić information content (AvgIpc) is 2.40. The van der Waals surface area contributed by atoms with Crippen LogP contribution in [0.15, 0.2) is 18.2 Å². The fourth-order valence-electron chi connectivity index (χ4n) is 2.19. The van der Waals surface area contributed by atoms with Crippen molar-refractivity contribution in [1.82, 2.24) is 5.32 Å². The first-order chi connectivity index (χ1) is 9.70. The van der Waals surface area contributed by atoms with Crippen molar-refractivity contribution in [3.05, 3.63) is 34.9 Å². The maximum atomic E-state index is 12.3. The van der Waals surface area contributed by atoms with Crippen molar-refractivity contribution < 1.29 is 14.3 Å². The van der Waals surface area contributed by atoms with Crippen molar-refractivity contribution in [2.24, 2.45) is 5.92 Å². The van der Waals surface area contributed by atoms with Gasteiger partial charge in [-0.2, -0.15) is 0 Å². The van der Waals surface area contributed by atoms with Gasteiger partial charge >= 0.3 is 5.97 Å². The van der Waals surface area contributed by atoms with Crippen molar-refractivity contribution in [2.45, 2.75) is 46.6 Å². The molecule has 0 bridgehead atoms. The highest BCUT2D eigenvalue weighted by molar-refractivity contribution is 5.88. The lowest BCUT2D eigenvalue weighted by molar-refractivity contribution is -0.152. The monoisotopic (exact) mass is 291 g/mol. The number of amides is 1. The van der Waals surface area contributed by atoms with Crippen molar-refractivity contribution >= 4 is 11.9 Å². The summed E-state index contributed by atoms with van der Waals surface area (Å²) in [7, 11) is 1.33. The van der Waals surface area contributed by atoms with E-state index < -0.39 is 11.5 Å². The predicted molar refractivity (Wildman–Crippen MR) is 83.0 cm³/mol. The maximum Gasteiger partial charge on any atom is 0.331 e. The number of esters is 1. The van der Waals surface area contributed by atoms with Gasteiger partial charge in [-0.25, -0.2) is 4.79 Å². The molecule has 4 heteroatoms. The zero-order valence-corrected chi connectivity index (χ0v) is 13.7. The molecule has 0 saturated carbocycles. The molecule has 1 aromatic rings. The third-order valence-corrected chi connectivity index (χ3v) is 4.01. The Kier molecular flexibility index (Phi) is 5.53. The van der Waals surface area contributed by atoms with E-state index in [9.17, 15) is 9.59 Å². The molecule has 0 heterocycles. The smallest absolute Gasteiger partial charge is 0.331 e. The van der Waals surface area contributed by atoms with Crippen LogP contribution >= 0.6 is 0 Å². The summed E-state index contributed by atoms with van der Waals surface area (Å²) in [5.74, 6) is -0.664. The molecule has 1 aromatic carbocycles. The van der Waals surface area contributed by atoms with Gasteiger partial charge in [0, 0.05) is 0 Å². The molecule has 0 aliphatic rings. The Morgan fingerprint density at radius 3 is 2.38 bits per heavy atom. The van der Waals surface area contributed by atoms with E-state index in [0.717, 1.165) is 11.1 Å². The van der Waals surface area contributed by atoms with E-state index in [1.54, 1.807) is 6.92 Å². The molecule has 1 amide bonds. The Labute approximate surface area is 126 Å². The van der Waals surface area contributed by atoms with Gasteiger partial charge in [0.1, 0.15) is 5.54 Å². The number of carbonyl (C=O) groups excluding carboxylic acids is 2. The molecule has 0 saturated heterocycles. The van der Waals surface area contributed by atoms with Crippen LogP contribution in [-0.2, 0) is 20.7 Å². The van der Waals surface area contributed by atoms with E-state index >= 15 is 0 Å². The van der Waals surface area contributed by atoms with Gasteiger partial charge in [0.2, 0.25) is 5.91 Å². The van der Waals surface area contributed by atoms with Gasteiger partial charge in [-0.1, -0.05) is 37.6 Å². The topological polar surface area (TPSA) is 55.4 Å². The summed E-state index contributed by atoms with van der Waals surface area (Å²) in [6, 6.07) is 5.98. The lowest BCUT2D eigenvalue weighted by Crippen LogP contribution is -2.56. The number of nitrogens with one attached hydrogen (secondary N) is 1. The number of rotatable bonds is 5. The number of hydrogen-bond donors (Lipinski definition) is 1. The summed E-state index contributed by atoms with van der Waals surface area (Å²) in [5, 5.41) is 2.82. The second-order valence-electron chi connectivity index (χ2n) is 6.00. The molecule has 0 fully saturated rings. The van der Waals surface area contributed by atoms with Crippen LogP contribution < -0.4 is 5.32 Å². The Morgan fingerprint density at radius 1 is 1.29 bits per heavy atom. The number of hydrogen-bond acceptors (Lipinski definition) is 3. The minimum Gasteiger partial charge on any atom is -0.467 e. The van der Waals surface area contributed by atoms with E-state index in [1.165, 1.54) is 12.7 Å². The molecule has 0 radical (unpaired) electrons. The fraction of sp³-hybridized carbons (Fsp3) is 0.529. The molecule has 1 atom stereocenters. The van der Waals surface area contributed by atoms with Gasteiger partial charge in [-0.15, -0.1) is 0 Å². The van der Waals surface area contributed by atoms with E-state index in [2.05, 4.69) is 5.32 Å². The molecular formula is C17H25NO3. The molecule has 0 aromatic heterocycles. The molecule has 21 heavy (non-hydrogen) atoms. The zero-order valence-electron chi connectivity index (χ0n) is 13.7. The number of methoxy groups -OCH3 is 1. The maximum absolute atomic E-state index is 12.3. The summed E-state index contributed by atoms with van der Waals surface area (Å²) in [4.78, 5) is 24.2. The van der Waals surface area contributed by atoms with Crippen molar-refractivity contribution in [3.63, 3.8) is 0 Å². The average molecular weight is 291 g/mol. The number of ether oxygens (including phenoxy) is 1. The fourth-order valence-corrected chi connectivity index (χ4v) is 2.19. The van der Waals surface area contributed by atoms with E-state index in [-0.39, 0.29) is 18.2 Å². The molecular weight excluding hydrogens is 266 g/mol. The summed E-state index contributed by atoms with van der Waals surface area (Å²) in [6.07, 6.45) is 0.255. The summed E-state index contributed by atoms with van der Waals surface area (Å²) < 4.78 is 4.81. The molecule has 0 aliphatic carbocycles. The molecule has 4 nitrogen and oxygen atoms in total. The Morgan fingerprint density at radius 2 is 1.90 bits per heavy atom. The van der Waals surface area contributed by atoms with Crippen LogP contribution in [0.2, 0.25) is 0 Å². The molecule has 0 spiro atoms. The van der Waals surface area contributed by atoms with Crippen LogP contribution in [0.5, 0.6) is 0 Å². The van der Waals surface area contributed by atoms with Crippen molar-refractivity contribution in [3.8, 4) is 0 Å². The Hall–Kier alpha value is -1.84. The normalized spacial score (nSPS) is 13.7. The Balaban J connectivity index is 2.86. The van der Waals surface area contributed by atoms with Gasteiger partial charge in [-0.3, -0.25) is 4.79 Å². The summed E-state index contributed by atoms with van der Waals surface area (Å²) >= 11 is 0. The number of benzene rings is 1. The first-order valence-corrected chi connectivity index (χ1v) is 7.16. The molecule has 1 unspecified atom stereocenters. The van der Waals surface area contributed by atoms with Crippen LogP contribution in [0.25, 0.3) is 0 Å². The summed E-state index contributed by atoms with van der Waals surface area (Å²) in [6.45, 7) is 9.47. The second kappa shape index (κ2) is 6.74. The highest BCUT2D eigenvalue weighted by Gasteiger charge is 2.39. The number of carbonyl (C=O) groups is 2. The Bertz CT molecular complexity index is 537. The van der Waals surface area contributed by atoms with E-state index in [4.69, 9.17) is 4.74 Å². The van der Waals surface area contributed by atoms with Crippen LogP contribution in [0.3, 0.4) is 0 Å². The van der Waals surface area contributed by atoms with Crippen LogP contribution in [0.4, 0.5) is 0 Å². The first kappa shape index (κ1) is 17.2. The van der Waals surface area contributed by atoms with Gasteiger partial charge < -0.3 is 10.1 Å². The standard InChI is InChI=1S/C17H25NO3/c1-11(2)17(5,16(20)21-6)18-15(19)10-14-8-7-12(3)9-13(14)4/h7-9,11H,10H2,1-6H3,(H,18,19). The highest BCUT2D eigenvalue weighted by Crippen LogP contribution is 2.19. The van der Waals surface area contributed by atoms with Gasteiger partial charge in [0.25, 0.3) is 0 Å². The van der Waals surface area contributed by atoms with Gasteiger partial charge in [0.05, 0.1) is 13.5 Å². The molecule has 0 aliphatic heterocycles. The highest BCUT2D eigenvalue weighted by atomic mass is 16.5. The van der Waals surface area contributed by atoms with E-state index in [1.807, 2.05) is 45.9 Å². The predicted octanol–water partition coefficient (Wildman–Crippen LogP) is 2.55. The lowest BCUT2D eigenvalue weighted by atomic mass is 9.88. The second-order valence-corrected chi connectivity index (χ2v) is 6.00. The van der Waals surface area contributed by atoms with Gasteiger partial charge in [0.15, 0.2) is 0 Å². The van der Waals surface area contributed by atoms with Crippen LogP contribution in [0.1, 0.15) is 37.5 Å². The quantitative estimate of drug-likeness (QED) is 0.848. The number of aryl methyl sites for hydroxylation is 2. The largest absolute Gasteiger partial charge is 0.467 e. The van der Waals surface area contributed by atoms with Crippen LogP contribution in [-0.4, -0.2) is 24.5 Å². The molecule has 1 rings (SSSR count). The third kappa shape index (κ3) is 4.06. The molecule has 1 N–H and O–H groups in total. The van der Waals surface area contributed by atoms with Gasteiger partial charge in [-0.05, 0) is 37.8 Å². The first-order valence-electron chi connectivity index (χ1n) is 7.16. The SMILES string of the molecule is COC(=O)C(C)(NC(=O)Cc1ccc(C)cc1C)C(C)C. The van der Waals surface area contributed by atoms with Crippen LogP contribution in [0, 0.1) is 19.8 Å².